The van der Waals surface area contributed by atoms with E-state index in [1.165, 1.54) is 0 Å². The van der Waals surface area contributed by atoms with Crippen LogP contribution in [0.2, 0.25) is 5.02 Å². The van der Waals surface area contributed by atoms with Crippen LogP contribution in [0, 0.1) is 8.99 Å². The monoisotopic (exact) mass is 381 g/mol. The average molecular weight is 382 g/mol. The lowest BCUT2D eigenvalue weighted by molar-refractivity contribution is 0.0927. The van der Waals surface area contributed by atoms with Gasteiger partial charge in [0.05, 0.1) is 5.56 Å². The van der Waals surface area contributed by atoms with Gasteiger partial charge in [-0.2, -0.15) is 0 Å². The van der Waals surface area contributed by atoms with Crippen LogP contribution in [0.25, 0.3) is 0 Å². The van der Waals surface area contributed by atoms with Gasteiger partial charge < -0.3 is 10.4 Å². The number of carbonyl (C=O) groups excluding carboxylic acids is 1. The van der Waals surface area contributed by atoms with Gasteiger partial charge in [0.2, 0.25) is 0 Å². The third-order valence-corrected chi connectivity index (χ3v) is 3.86. The molecule has 0 heterocycles. The minimum atomic E-state index is -0.132. The van der Waals surface area contributed by atoms with Crippen LogP contribution in [-0.2, 0) is 0 Å². The second kappa shape index (κ2) is 6.73. The quantitative estimate of drug-likeness (QED) is 0.770. The Morgan fingerprint density at radius 3 is 2.78 bits per heavy atom. The zero-order valence-corrected chi connectivity index (χ0v) is 13.4. The lowest BCUT2D eigenvalue weighted by atomic mass is 9.89. The second-order valence-corrected chi connectivity index (χ2v) is 6.54. The maximum absolute atomic E-state index is 12.0. The third kappa shape index (κ3) is 4.74. The van der Waals surface area contributed by atoms with E-state index in [2.05, 4.69) is 27.9 Å². The summed E-state index contributed by atoms with van der Waals surface area (Å²) in [6.45, 7) is 4.66. The van der Waals surface area contributed by atoms with Gasteiger partial charge in [-0.25, -0.2) is 0 Å². The average Bonchev–Trinajstić information content (AvgIpc) is 2.29. The van der Waals surface area contributed by atoms with Gasteiger partial charge in [0.15, 0.2) is 0 Å². The molecular formula is C13H17ClINO2. The molecule has 5 heteroatoms. The molecule has 3 nitrogen and oxygen atoms in total. The summed E-state index contributed by atoms with van der Waals surface area (Å²) in [4.78, 5) is 12.0. The van der Waals surface area contributed by atoms with Crippen LogP contribution in [0.5, 0.6) is 0 Å². The first-order valence-corrected chi connectivity index (χ1v) is 7.15. The Kier molecular flexibility index (Phi) is 5.88. The fraction of sp³-hybridized carbons (Fsp3) is 0.462. The van der Waals surface area contributed by atoms with Crippen LogP contribution in [-0.4, -0.2) is 24.2 Å². The van der Waals surface area contributed by atoms with Crippen molar-refractivity contribution in [1.82, 2.24) is 5.32 Å². The molecule has 0 saturated heterocycles. The lowest BCUT2D eigenvalue weighted by Gasteiger charge is -2.24. The highest BCUT2D eigenvalue weighted by molar-refractivity contribution is 14.1. The first-order chi connectivity index (χ1) is 8.35. The van der Waals surface area contributed by atoms with E-state index in [4.69, 9.17) is 16.7 Å². The number of benzene rings is 1. The number of amides is 1. The highest BCUT2D eigenvalue weighted by Gasteiger charge is 2.19. The van der Waals surface area contributed by atoms with Crippen LogP contribution in [0.4, 0.5) is 0 Å². The summed E-state index contributed by atoms with van der Waals surface area (Å²) in [5.74, 6) is -0.132. The number of aliphatic hydroxyl groups excluding tert-OH is 1. The van der Waals surface area contributed by atoms with Crippen molar-refractivity contribution in [2.75, 3.05) is 13.2 Å². The van der Waals surface area contributed by atoms with E-state index in [-0.39, 0.29) is 17.9 Å². The van der Waals surface area contributed by atoms with Crippen molar-refractivity contribution in [3.63, 3.8) is 0 Å². The first-order valence-electron chi connectivity index (χ1n) is 5.70. The molecule has 0 saturated carbocycles. The highest BCUT2D eigenvalue weighted by atomic mass is 127. The first kappa shape index (κ1) is 15.7. The Morgan fingerprint density at radius 2 is 2.17 bits per heavy atom. The van der Waals surface area contributed by atoms with Crippen LogP contribution in [0.15, 0.2) is 18.2 Å². The molecular weight excluding hydrogens is 365 g/mol. The largest absolute Gasteiger partial charge is 0.396 e. The number of rotatable bonds is 5. The van der Waals surface area contributed by atoms with Crippen molar-refractivity contribution in [3.05, 3.63) is 32.4 Å². The molecule has 0 aliphatic carbocycles. The summed E-state index contributed by atoms with van der Waals surface area (Å²) in [7, 11) is 0. The number of hydrogen-bond acceptors (Lipinski definition) is 2. The molecule has 0 aliphatic rings. The van der Waals surface area contributed by atoms with Gasteiger partial charge in [0.25, 0.3) is 5.91 Å². The lowest BCUT2D eigenvalue weighted by Crippen LogP contribution is -2.34. The number of halogens is 2. The van der Waals surface area contributed by atoms with Crippen LogP contribution >= 0.6 is 34.2 Å². The molecule has 0 bridgehead atoms. The Bertz CT molecular complexity index is 435. The number of carbonyl (C=O) groups is 1. The summed E-state index contributed by atoms with van der Waals surface area (Å²) >= 11 is 7.99. The molecule has 0 radical (unpaired) electrons. The van der Waals surface area contributed by atoms with Gasteiger partial charge in [-0.1, -0.05) is 25.4 Å². The topological polar surface area (TPSA) is 49.3 Å². The summed E-state index contributed by atoms with van der Waals surface area (Å²) in [5.41, 5.74) is 0.469. The third-order valence-electron chi connectivity index (χ3n) is 2.69. The number of hydrogen-bond donors (Lipinski definition) is 2. The molecule has 0 aromatic heterocycles. The molecule has 1 aromatic carbocycles. The van der Waals surface area contributed by atoms with Crippen molar-refractivity contribution in [3.8, 4) is 0 Å². The highest BCUT2D eigenvalue weighted by Crippen LogP contribution is 2.20. The maximum Gasteiger partial charge on any atom is 0.252 e. The van der Waals surface area contributed by atoms with E-state index < -0.39 is 0 Å². The van der Waals surface area contributed by atoms with Crippen molar-refractivity contribution in [1.29, 1.82) is 0 Å². The summed E-state index contributed by atoms with van der Waals surface area (Å²) in [6, 6.07) is 5.24. The van der Waals surface area contributed by atoms with E-state index in [1.807, 2.05) is 19.9 Å². The standard InChI is InChI=1S/C13H17ClINO2/c1-13(2,5-6-17)8-16-12(18)10-7-9(14)3-4-11(10)15/h3-4,7,17H,5-6,8H2,1-2H3,(H,16,18). The smallest absolute Gasteiger partial charge is 0.252 e. The van der Waals surface area contributed by atoms with Gasteiger partial charge in [-0.05, 0) is 52.6 Å². The van der Waals surface area contributed by atoms with Crippen LogP contribution in [0.1, 0.15) is 30.6 Å². The molecule has 0 atom stereocenters. The molecule has 100 valence electrons. The SMILES string of the molecule is CC(C)(CCO)CNC(=O)c1cc(Cl)ccc1I. The zero-order chi connectivity index (χ0) is 13.8. The zero-order valence-electron chi connectivity index (χ0n) is 10.5. The van der Waals surface area contributed by atoms with Crippen molar-refractivity contribution in [2.45, 2.75) is 20.3 Å². The van der Waals surface area contributed by atoms with E-state index in [1.54, 1.807) is 12.1 Å². The molecule has 18 heavy (non-hydrogen) atoms. The van der Waals surface area contributed by atoms with Crippen molar-refractivity contribution >= 4 is 40.1 Å². The van der Waals surface area contributed by atoms with E-state index in [0.29, 0.717) is 23.6 Å². The number of aliphatic hydroxyl groups is 1. The molecule has 0 unspecified atom stereocenters. The van der Waals surface area contributed by atoms with Gasteiger partial charge in [0, 0.05) is 21.7 Å². The molecule has 2 N–H and O–H groups in total. The Hall–Kier alpha value is -0.330. The molecule has 1 amide bonds. The van der Waals surface area contributed by atoms with E-state index in [0.717, 1.165) is 3.57 Å². The van der Waals surface area contributed by atoms with E-state index in [9.17, 15) is 4.79 Å². The van der Waals surface area contributed by atoms with Gasteiger partial charge in [-0.15, -0.1) is 0 Å². The summed E-state index contributed by atoms with van der Waals surface area (Å²) < 4.78 is 0.870. The normalized spacial score (nSPS) is 11.4. The van der Waals surface area contributed by atoms with Crippen LogP contribution in [0.3, 0.4) is 0 Å². The van der Waals surface area contributed by atoms with Crippen molar-refractivity contribution in [2.24, 2.45) is 5.41 Å². The molecule has 1 rings (SSSR count). The predicted octanol–water partition coefficient (Wildman–Crippen LogP) is 3.08. The Balaban J connectivity index is 2.69. The fourth-order valence-electron chi connectivity index (χ4n) is 1.48. The molecule has 0 fully saturated rings. The van der Waals surface area contributed by atoms with Gasteiger partial charge >= 0.3 is 0 Å². The van der Waals surface area contributed by atoms with Crippen LogP contribution < -0.4 is 5.32 Å². The Labute approximate surface area is 126 Å². The van der Waals surface area contributed by atoms with Gasteiger partial charge in [0.1, 0.15) is 0 Å². The van der Waals surface area contributed by atoms with E-state index >= 15 is 0 Å². The Morgan fingerprint density at radius 1 is 1.50 bits per heavy atom. The molecule has 1 aromatic rings. The number of nitrogens with one attached hydrogen (secondary N) is 1. The van der Waals surface area contributed by atoms with Crippen molar-refractivity contribution < 1.29 is 9.90 Å². The summed E-state index contributed by atoms with van der Waals surface area (Å²) in [6.07, 6.45) is 0.653. The predicted molar refractivity (Wildman–Crippen MR) is 82.0 cm³/mol. The molecule has 0 spiro atoms. The maximum atomic E-state index is 12.0. The minimum absolute atomic E-state index is 0.117. The second-order valence-electron chi connectivity index (χ2n) is 4.94. The van der Waals surface area contributed by atoms with Gasteiger partial charge in [-0.3, -0.25) is 4.79 Å². The minimum Gasteiger partial charge on any atom is -0.396 e. The molecule has 0 aliphatic heterocycles. The summed E-state index contributed by atoms with van der Waals surface area (Å²) in [5, 5.41) is 12.4. The fourth-order valence-corrected chi connectivity index (χ4v) is 2.23.